The van der Waals surface area contributed by atoms with Crippen molar-refractivity contribution in [2.45, 2.75) is 69.1 Å². The van der Waals surface area contributed by atoms with Gasteiger partial charge in [0.15, 0.2) is 20.5 Å². The van der Waals surface area contributed by atoms with Gasteiger partial charge in [0.1, 0.15) is 11.5 Å². The van der Waals surface area contributed by atoms with Crippen molar-refractivity contribution in [3.8, 4) is 11.5 Å². The molecule has 2 saturated heterocycles. The fourth-order valence-corrected chi connectivity index (χ4v) is 11.1. The molecule has 11 nitrogen and oxygen atoms in total. The average Bonchev–Trinajstić information content (AvgIpc) is 3.75. The zero-order chi connectivity index (χ0) is 34.7. The first-order valence-corrected chi connectivity index (χ1v) is 19.9. The summed E-state index contributed by atoms with van der Waals surface area (Å²) in [6.45, 7) is 6.28. The van der Waals surface area contributed by atoms with Gasteiger partial charge in [-0.25, -0.2) is 0 Å². The summed E-state index contributed by atoms with van der Waals surface area (Å²) < 4.78 is 18.1. The summed E-state index contributed by atoms with van der Waals surface area (Å²) >= 11 is 0. The van der Waals surface area contributed by atoms with E-state index in [1.165, 1.54) is 0 Å². The SMILES string of the molecule is COc1ccc2c(c1)[C@]1(O[C@@H](CC(=O)N3CCC[C@H]3CO)[C@H]([Si](C)(C)O)[C@H]1C)C(=O)N2Cc1ccc(N2C(=O)COc3ccccc32)cc1. The van der Waals surface area contributed by atoms with Gasteiger partial charge in [0.25, 0.3) is 11.8 Å². The first-order valence-electron chi connectivity index (χ1n) is 16.9. The third kappa shape index (κ3) is 5.51. The van der Waals surface area contributed by atoms with E-state index in [0.717, 1.165) is 18.4 Å². The van der Waals surface area contributed by atoms with Gasteiger partial charge in [-0.2, -0.15) is 0 Å². The number of methoxy groups -OCH3 is 1. The number of aliphatic hydroxyl groups excluding tert-OH is 1. The lowest BCUT2D eigenvalue weighted by molar-refractivity contribution is -0.150. The maximum Gasteiger partial charge on any atom is 0.269 e. The van der Waals surface area contributed by atoms with Crippen LogP contribution in [0.15, 0.2) is 66.7 Å². The second-order valence-corrected chi connectivity index (χ2v) is 18.0. The molecule has 0 aromatic heterocycles. The van der Waals surface area contributed by atoms with Gasteiger partial charge in [-0.3, -0.25) is 19.3 Å². The van der Waals surface area contributed by atoms with Gasteiger partial charge in [0, 0.05) is 29.3 Å². The summed E-state index contributed by atoms with van der Waals surface area (Å²) in [5.74, 6) is 0.205. The van der Waals surface area contributed by atoms with Crippen molar-refractivity contribution in [2.24, 2.45) is 5.92 Å². The van der Waals surface area contributed by atoms with Crippen LogP contribution in [0.25, 0.3) is 0 Å². The van der Waals surface area contributed by atoms with Crippen molar-refractivity contribution in [3.05, 3.63) is 77.9 Å². The van der Waals surface area contributed by atoms with Crippen LogP contribution in [0.4, 0.5) is 17.1 Å². The zero-order valence-corrected chi connectivity index (χ0v) is 29.3. The molecule has 0 radical (unpaired) electrons. The predicted octanol–water partition coefficient (Wildman–Crippen LogP) is 4.47. The number of carbonyl (C=O) groups excluding carboxylic acids is 3. The number of hydrogen-bond acceptors (Lipinski definition) is 8. The quantitative estimate of drug-likeness (QED) is 0.333. The summed E-state index contributed by atoms with van der Waals surface area (Å²) in [4.78, 5) is 58.1. The standard InChI is InChI=1S/C37H43N3O8Si/c1-23-35(49(3,4)45)32(19-33(42)38-17-7-8-26(38)21-41)48-37(23)28-18-27(46-2)15-16-29(28)39(36(37)44)20-24-11-13-25(14-12-24)40-30-9-5-6-10-31(30)47-22-34(40)43/h5-6,9-16,18,23,26,32,35,41,45H,7-8,17,19-22H2,1-4H3/t23-,26+,32+,35-,37+/m1/s1. The Labute approximate surface area is 287 Å². The van der Waals surface area contributed by atoms with Crippen molar-refractivity contribution >= 4 is 43.1 Å². The molecule has 0 saturated carbocycles. The molecule has 2 N–H and O–H groups in total. The normalized spacial score (nSPS) is 26.3. The van der Waals surface area contributed by atoms with Gasteiger partial charge < -0.3 is 33.9 Å². The molecule has 5 atom stereocenters. The van der Waals surface area contributed by atoms with Gasteiger partial charge in [-0.15, -0.1) is 0 Å². The highest BCUT2D eigenvalue weighted by molar-refractivity contribution is 6.71. The Balaban J connectivity index is 1.21. The highest BCUT2D eigenvalue weighted by atomic mass is 28.4. The van der Waals surface area contributed by atoms with Crippen molar-refractivity contribution in [2.75, 3.05) is 36.7 Å². The van der Waals surface area contributed by atoms with Crippen LogP contribution in [-0.2, 0) is 31.3 Å². The van der Waals surface area contributed by atoms with E-state index in [-0.39, 0.29) is 49.9 Å². The van der Waals surface area contributed by atoms with E-state index in [1.807, 2.05) is 86.7 Å². The van der Waals surface area contributed by atoms with E-state index >= 15 is 0 Å². The van der Waals surface area contributed by atoms with Gasteiger partial charge >= 0.3 is 0 Å². The number of likely N-dealkylation sites (tertiary alicyclic amines) is 1. The van der Waals surface area contributed by atoms with Crippen LogP contribution in [-0.4, -0.2) is 79.9 Å². The molecular weight excluding hydrogens is 643 g/mol. The summed E-state index contributed by atoms with van der Waals surface area (Å²) in [5, 5.41) is 9.87. The van der Waals surface area contributed by atoms with Crippen LogP contribution < -0.4 is 19.3 Å². The minimum atomic E-state index is -2.99. The van der Waals surface area contributed by atoms with Crippen LogP contribution >= 0.6 is 0 Å². The number of anilines is 3. The number of nitrogens with zero attached hydrogens (tertiary/aromatic N) is 3. The molecule has 4 heterocycles. The largest absolute Gasteiger partial charge is 0.497 e. The topological polar surface area (TPSA) is 129 Å². The Morgan fingerprint density at radius 1 is 1.06 bits per heavy atom. The third-order valence-corrected chi connectivity index (χ3v) is 13.2. The summed E-state index contributed by atoms with van der Waals surface area (Å²) in [5.41, 5.74) is 1.71. The maximum absolute atomic E-state index is 14.9. The number of carbonyl (C=O) groups is 3. The number of para-hydroxylation sites is 2. The second kappa shape index (κ2) is 12.6. The van der Waals surface area contributed by atoms with Gasteiger partial charge in [0.2, 0.25) is 5.91 Å². The smallest absolute Gasteiger partial charge is 0.269 e. The molecule has 3 aromatic carbocycles. The van der Waals surface area contributed by atoms with Crippen LogP contribution in [0.2, 0.25) is 18.6 Å². The molecule has 4 aliphatic heterocycles. The summed E-state index contributed by atoms with van der Waals surface area (Å²) in [6, 6.07) is 20.2. The number of benzene rings is 3. The van der Waals surface area contributed by atoms with E-state index in [0.29, 0.717) is 40.7 Å². The Morgan fingerprint density at radius 2 is 1.82 bits per heavy atom. The highest BCUT2D eigenvalue weighted by Gasteiger charge is 2.66. The molecule has 3 amide bonds. The molecule has 4 aliphatic rings. The van der Waals surface area contributed by atoms with E-state index in [2.05, 4.69) is 0 Å². The lowest BCUT2D eigenvalue weighted by Gasteiger charge is -2.33. The van der Waals surface area contributed by atoms with E-state index in [4.69, 9.17) is 14.2 Å². The number of hydrogen-bond donors (Lipinski definition) is 2. The Kier molecular flexibility index (Phi) is 8.54. The van der Waals surface area contributed by atoms with Crippen molar-refractivity contribution in [1.29, 1.82) is 0 Å². The van der Waals surface area contributed by atoms with Gasteiger partial charge in [-0.05, 0) is 74.0 Å². The number of ether oxygens (including phenoxy) is 3. The molecule has 258 valence electrons. The first-order chi connectivity index (χ1) is 23.5. The van der Waals surface area contributed by atoms with E-state index < -0.39 is 31.5 Å². The number of fused-ring (bicyclic) bond motifs is 3. The van der Waals surface area contributed by atoms with Crippen LogP contribution in [0.5, 0.6) is 11.5 Å². The Morgan fingerprint density at radius 3 is 2.53 bits per heavy atom. The molecule has 0 unspecified atom stereocenters. The van der Waals surface area contributed by atoms with Crippen LogP contribution in [0.1, 0.15) is 37.3 Å². The van der Waals surface area contributed by atoms with E-state index in [1.54, 1.807) is 21.8 Å². The molecule has 0 bridgehead atoms. The minimum Gasteiger partial charge on any atom is -0.497 e. The average molecular weight is 686 g/mol. The van der Waals surface area contributed by atoms with Crippen LogP contribution in [0.3, 0.4) is 0 Å². The minimum absolute atomic E-state index is 0.0156. The predicted molar refractivity (Wildman–Crippen MR) is 185 cm³/mol. The number of rotatable bonds is 8. The van der Waals surface area contributed by atoms with Gasteiger partial charge in [-0.1, -0.05) is 31.2 Å². The highest BCUT2D eigenvalue weighted by Crippen LogP contribution is 2.60. The maximum atomic E-state index is 14.9. The fraction of sp³-hybridized carbons (Fsp3) is 0.432. The molecule has 0 aliphatic carbocycles. The molecule has 7 rings (SSSR count). The number of aliphatic hydroxyl groups is 1. The molecule has 2 fully saturated rings. The molecule has 3 aromatic rings. The fourth-order valence-electron chi connectivity index (χ4n) is 8.50. The second-order valence-electron chi connectivity index (χ2n) is 14.1. The van der Waals surface area contributed by atoms with Crippen molar-refractivity contribution in [3.63, 3.8) is 0 Å². The Bertz CT molecular complexity index is 1780. The van der Waals surface area contributed by atoms with Crippen molar-refractivity contribution < 1.29 is 38.5 Å². The monoisotopic (exact) mass is 685 g/mol. The van der Waals surface area contributed by atoms with Crippen molar-refractivity contribution in [1.82, 2.24) is 4.90 Å². The first kappa shape index (κ1) is 33.3. The Hall–Kier alpha value is -4.23. The summed E-state index contributed by atoms with van der Waals surface area (Å²) in [6.07, 6.45) is 0.895. The lowest BCUT2D eigenvalue weighted by Crippen LogP contribution is -2.46. The summed E-state index contributed by atoms with van der Waals surface area (Å²) in [7, 11) is -1.41. The third-order valence-electron chi connectivity index (χ3n) is 10.7. The molecule has 49 heavy (non-hydrogen) atoms. The van der Waals surface area contributed by atoms with Crippen LogP contribution in [0, 0.1) is 5.92 Å². The van der Waals surface area contributed by atoms with E-state index in [9.17, 15) is 24.3 Å². The lowest BCUT2D eigenvalue weighted by atomic mass is 9.82. The molecule has 12 heteroatoms. The zero-order valence-electron chi connectivity index (χ0n) is 28.3. The molecular formula is C37H43N3O8Si. The molecule has 1 spiro atoms. The van der Waals surface area contributed by atoms with Gasteiger partial charge in [0.05, 0.1) is 50.2 Å². The number of amides is 3.